The van der Waals surface area contributed by atoms with Crippen molar-refractivity contribution in [2.45, 2.75) is 19.9 Å². The van der Waals surface area contributed by atoms with E-state index in [0.717, 1.165) is 0 Å². The summed E-state index contributed by atoms with van der Waals surface area (Å²) in [6, 6.07) is 0. The molecule has 8 heteroatoms. The summed E-state index contributed by atoms with van der Waals surface area (Å²) in [5.41, 5.74) is -0.840. The van der Waals surface area contributed by atoms with E-state index in [9.17, 15) is 26.7 Å². The summed E-state index contributed by atoms with van der Waals surface area (Å²) in [6.45, 7) is 2.59. The van der Waals surface area contributed by atoms with Gasteiger partial charge in [0, 0.05) is 45.2 Å². The van der Waals surface area contributed by atoms with E-state index in [0.29, 0.717) is 32.6 Å². The molecule has 1 amide bonds. The molecular weight excluding hydrogens is 307 g/mol. The summed E-state index contributed by atoms with van der Waals surface area (Å²) in [7, 11) is 0. The molecule has 1 heterocycles. The second-order valence-electron chi connectivity index (χ2n) is 5.18. The molecule has 1 fully saturated rings. The number of amides is 1. The number of carbonyl (C=O) groups is 1. The van der Waals surface area contributed by atoms with Crippen molar-refractivity contribution in [1.82, 2.24) is 9.80 Å². The second kappa shape index (κ2) is 6.60. The third-order valence-electron chi connectivity index (χ3n) is 3.72. The third kappa shape index (κ3) is 3.21. The van der Waals surface area contributed by atoms with Gasteiger partial charge in [0.25, 0.3) is 0 Å². The van der Waals surface area contributed by atoms with E-state index in [4.69, 9.17) is 0 Å². The van der Waals surface area contributed by atoms with Crippen molar-refractivity contribution >= 4 is 5.91 Å². The van der Waals surface area contributed by atoms with Gasteiger partial charge in [0.05, 0.1) is 0 Å². The highest BCUT2D eigenvalue weighted by atomic mass is 19.2. The van der Waals surface area contributed by atoms with Crippen LogP contribution < -0.4 is 0 Å². The minimum absolute atomic E-state index is 0.113. The molecular formula is C14H15F5N2O. The Balaban J connectivity index is 2.19. The number of hydrogen-bond acceptors (Lipinski definition) is 2. The Morgan fingerprint density at radius 1 is 0.864 bits per heavy atom. The first-order valence-electron chi connectivity index (χ1n) is 6.81. The van der Waals surface area contributed by atoms with Gasteiger partial charge in [-0.1, -0.05) is 0 Å². The van der Waals surface area contributed by atoms with Crippen LogP contribution in [0.5, 0.6) is 0 Å². The van der Waals surface area contributed by atoms with Crippen LogP contribution in [0.1, 0.15) is 18.9 Å². The predicted octanol–water partition coefficient (Wildman–Crippen LogP) is 2.44. The lowest BCUT2D eigenvalue weighted by atomic mass is 10.1. The maximum absolute atomic E-state index is 13.7. The van der Waals surface area contributed by atoms with E-state index in [1.165, 1.54) is 6.92 Å². The van der Waals surface area contributed by atoms with Crippen molar-refractivity contribution in [1.29, 1.82) is 0 Å². The molecule has 2 rings (SSSR count). The van der Waals surface area contributed by atoms with E-state index in [-0.39, 0.29) is 5.91 Å². The van der Waals surface area contributed by atoms with Gasteiger partial charge in [0.1, 0.15) is 0 Å². The van der Waals surface area contributed by atoms with Crippen molar-refractivity contribution in [3.8, 4) is 0 Å². The van der Waals surface area contributed by atoms with E-state index in [1.54, 1.807) is 9.80 Å². The first-order valence-corrected chi connectivity index (χ1v) is 6.81. The van der Waals surface area contributed by atoms with E-state index in [1.807, 2.05) is 0 Å². The average molecular weight is 322 g/mol. The minimum Gasteiger partial charge on any atom is -0.342 e. The third-order valence-corrected chi connectivity index (χ3v) is 3.72. The van der Waals surface area contributed by atoms with Crippen LogP contribution in [-0.2, 0) is 11.3 Å². The lowest BCUT2D eigenvalue weighted by molar-refractivity contribution is -0.128. The zero-order chi connectivity index (χ0) is 16.4. The standard InChI is InChI=1S/C14H15F5N2O/c1-8(22)21-4-2-3-20(5-6-21)7-9-10(15)12(17)14(19)13(18)11(9)16/h2-7H2,1H3. The Labute approximate surface area is 124 Å². The van der Waals surface area contributed by atoms with Gasteiger partial charge in [-0.05, 0) is 6.42 Å². The number of benzene rings is 1. The highest BCUT2D eigenvalue weighted by Gasteiger charge is 2.27. The van der Waals surface area contributed by atoms with Crippen LogP contribution in [0.4, 0.5) is 22.0 Å². The van der Waals surface area contributed by atoms with Gasteiger partial charge in [0.15, 0.2) is 23.3 Å². The van der Waals surface area contributed by atoms with Crippen LogP contribution in [0.2, 0.25) is 0 Å². The maximum Gasteiger partial charge on any atom is 0.219 e. The Hall–Kier alpha value is -1.70. The van der Waals surface area contributed by atoms with Gasteiger partial charge in [-0.3, -0.25) is 9.69 Å². The molecule has 0 saturated carbocycles. The molecule has 22 heavy (non-hydrogen) atoms. The summed E-state index contributed by atoms with van der Waals surface area (Å²) in [6.07, 6.45) is 0.564. The molecule has 1 aliphatic rings. The van der Waals surface area contributed by atoms with Gasteiger partial charge in [-0.15, -0.1) is 0 Å². The summed E-state index contributed by atoms with van der Waals surface area (Å²) in [5.74, 6) is -9.74. The molecule has 0 aromatic heterocycles. The monoisotopic (exact) mass is 322 g/mol. The summed E-state index contributed by atoms with van der Waals surface area (Å²) >= 11 is 0. The highest BCUT2D eigenvalue weighted by molar-refractivity contribution is 5.73. The first-order chi connectivity index (χ1) is 10.3. The van der Waals surface area contributed by atoms with Gasteiger partial charge in [-0.25, -0.2) is 22.0 Å². The number of hydrogen-bond donors (Lipinski definition) is 0. The van der Waals surface area contributed by atoms with Gasteiger partial charge in [0.2, 0.25) is 11.7 Å². The lowest BCUT2D eigenvalue weighted by Gasteiger charge is -2.21. The molecule has 0 N–H and O–H groups in total. The fourth-order valence-corrected chi connectivity index (χ4v) is 2.46. The minimum atomic E-state index is -2.16. The smallest absolute Gasteiger partial charge is 0.219 e. The summed E-state index contributed by atoms with van der Waals surface area (Å²) in [4.78, 5) is 14.5. The fourth-order valence-electron chi connectivity index (χ4n) is 2.46. The van der Waals surface area contributed by atoms with Crippen LogP contribution in [0.25, 0.3) is 0 Å². The van der Waals surface area contributed by atoms with Crippen molar-refractivity contribution < 1.29 is 26.7 Å². The normalized spacial score (nSPS) is 16.7. The second-order valence-corrected chi connectivity index (χ2v) is 5.18. The molecule has 0 atom stereocenters. The average Bonchev–Trinajstić information content (AvgIpc) is 2.73. The largest absolute Gasteiger partial charge is 0.342 e. The SMILES string of the molecule is CC(=O)N1CCCN(Cc2c(F)c(F)c(F)c(F)c2F)CC1. The number of rotatable bonds is 2. The molecule has 1 saturated heterocycles. The van der Waals surface area contributed by atoms with Gasteiger partial charge in [-0.2, -0.15) is 0 Å². The zero-order valence-electron chi connectivity index (χ0n) is 11.9. The number of nitrogens with zero attached hydrogens (tertiary/aromatic N) is 2. The molecule has 0 aliphatic carbocycles. The Bertz CT molecular complexity index is 564. The number of carbonyl (C=O) groups excluding carboxylic acids is 1. The molecule has 0 unspecified atom stereocenters. The van der Waals surface area contributed by atoms with Crippen molar-refractivity contribution in [2.75, 3.05) is 26.2 Å². The van der Waals surface area contributed by atoms with Crippen molar-refractivity contribution in [3.63, 3.8) is 0 Å². The molecule has 122 valence electrons. The van der Waals surface area contributed by atoms with E-state index >= 15 is 0 Å². The Morgan fingerprint density at radius 3 is 1.95 bits per heavy atom. The van der Waals surface area contributed by atoms with Crippen LogP contribution in [0.3, 0.4) is 0 Å². The molecule has 1 aliphatic heterocycles. The van der Waals surface area contributed by atoms with Crippen LogP contribution in [-0.4, -0.2) is 41.9 Å². The van der Waals surface area contributed by atoms with Gasteiger partial charge >= 0.3 is 0 Å². The Kier molecular flexibility index (Phi) is 5.00. The van der Waals surface area contributed by atoms with Crippen molar-refractivity contribution in [3.05, 3.63) is 34.6 Å². The molecule has 0 bridgehead atoms. The fraction of sp³-hybridized carbons (Fsp3) is 0.500. The van der Waals surface area contributed by atoms with E-state index < -0.39 is 41.2 Å². The van der Waals surface area contributed by atoms with Crippen LogP contribution in [0.15, 0.2) is 0 Å². The molecule has 0 spiro atoms. The molecule has 3 nitrogen and oxygen atoms in total. The zero-order valence-corrected chi connectivity index (χ0v) is 11.9. The van der Waals surface area contributed by atoms with Gasteiger partial charge < -0.3 is 4.90 Å². The first kappa shape index (κ1) is 16.7. The maximum atomic E-state index is 13.7. The quantitative estimate of drug-likeness (QED) is 0.474. The van der Waals surface area contributed by atoms with E-state index in [2.05, 4.69) is 0 Å². The highest BCUT2D eigenvalue weighted by Crippen LogP contribution is 2.24. The van der Waals surface area contributed by atoms with Crippen LogP contribution >= 0.6 is 0 Å². The molecule has 1 aromatic rings. The Morgan fingerprint density at radius 2 is 1.41 bits per heavy atom. The topological polar surface area (TPSA) is 23.6 Å². The number of halogens is 5. The summed E-state index contributed by atoms with van der Waals surface area (Å²) < 4.78 is 66.6. The predicted molar refractivity (Wildman–Crippen MR) is 68.4 cm³/mol. The summed E-state index contributed by atoms with van der Waals surface area (Å²) in [5, 5.41) is 0. The van der Waals surface area contributed by atoms with Crippen LogP contribution in [0, 0.1) is 29.1 Å². The van der Waals surface area contributed by atoms with Crippen molar-refractivity contribution in [2.24, 2.45) is 0 Å². The molecule has 0 radical (unpaired) electrons. The molecule has 1 aromatic carbocycles. The lowest BCUT2D eigenvalue weighted by Crippen LogP contribution is -2.33.